The molecule has 1 fully saturated rings. The quantitative estimate of drug-likeness (QED) is 0.923. The van der Waals surface area contributed by atoms with Gasteiger partial charge in [-0.1, -0.05) is 43.0 Å². The highest BCUT2D eigenvalue weighted by molar-refractivity contribution is 6.30. The van der Waals surface area contributed by atoms with Gasteiger partial charge in [-0.15, -0.1) is 0 Å². The summed E-state index contributed by atoms with van der Waals surface area (Å²) in [5.74, 6) is -0.279. The van der Waals surface area contributed by atoms with Crippen molar-refractivity contribution in [2.24, 2.45) is 0 Å². The van der Waals surface area contributed by atoms with Crippen molar-refractivity contribution in [3.05, 3.63) is 61.8 Å². The Morgan fingerprint density at radius 2 is 1.88 bits per heavy atom. The van der Waals surface area contributed by atoms with Gasteiger partial charge < -0.3 is 5.11 Å². The number of aromatic nitrogens is 2. The number of hydrogen-bond donors (Lipinski definition) is 1. The molecule has 0 aliphatic heterocycles. The second-order valence-electron chi connectivity index (χ2n) is 6.32. The van der Waals surface area contributed by atoms with Crippen molar-refractivity contribution < 1.29 is 5.11 Å². The van der Waals surface area contributed by atoms with Crippen LogP contribution in [0.25, 0.3) is 0 Å². The highest BCUT2D eigenvalue weighted by Crippen LogP contribution is 2.26. The fourth-order valence-corrected chi connectivity index (χ4v) is 3.61. The van der Waals surface area contributed by atoms with Gasteiger partial charge in [0, 0.05) is 17.6 Å². The Hall–Kier alpha value is -2.01. The van der Waals surface area contributed by atoms with Crippen molar-refractivity contribution in [1.82, 2.24) is 9.13 Å². The molecule has 1 heterocycles. The molecule has 1 aromatic heterocycles. The van der Waals surface area contributed by atoms with Gasteiger partial charge in [-0.3, -0.25) is 13.9 Å². The van der Waals surface area contributed by atoms with Crippen molar-refractivity contribution in [2.75, 3.05) is 0 Å². The molecular formula is C18H21ClN2O3. The van der Waals surface area contributed by atoms with Crippen LogP contribution >= 0.6 is 11.6 Å². The molecular weight excluding hydrogens is 328 g/mol. The zero-order valence-corrected chi connectivity index (χ0v) is 14.2. The molecule has 0 spiro atoms. The summed E-state index contributed by atoms with van der Waals surface area (Å²) >= 11 is 5.97. The van der Waals surface area contributed by atoms with Crippen molar-refractivity contribution >= 4 is 11.6 Å². The molecule has 24 heavy (non-hydrogen) atoms. The van der Waals surface area contributed by atoms with E-state index in [1.54, 1.807) is 6.07 Å². The molecule has 1 aliphatic carbocycles. The minimum absolute atomic E-state index is 0.0585. The van der Waals surface area contributed by atoms with Crippen LogP contribution in [0.2, 0.25) is 5.02 Å². The van der Waals surface area contributed by atoms with Gasteiger partial charge in [0.05, 0.1) is 6.07 Å². The van der Waals surface area contributed by atoms with E-state index in [0.29, 0.717) is 18.0 Å². The van der Waals surface area contributed by atoms with Gasteiger partial charge in [-0.2, -0.15) is 0 Å². The van der Waals surface area contributed by atoms with Crippen LogP contribution in [0.3, 0.4) is 0 Å². The molecule has 1 N–H and O–H groups in total. The van der Waals surface area contributed by atoms with E-state index in [9.17, 15) is 14.7 Å². The van der Waals surface area contributed by atoms with E-state index in [2.05, 4.69) is 0 Å². The van der Waals surface area contributed by atoms with Gasteiger partial charge in [0.15, 0.2) is 0 Å². The van der Waals surface area contributed by atoms with E-state index in [1.807, 2.05) is 18.2 Å². The molecule has 0 unspecified atom stereocenters. The van der Waals surface area contributed by atoms with Gasteiger partial charge >= 0.3 is 5.69 Å². The van der Waals surface area contributed by atoms with E-state index in [0.717, 1.165) is 43.7 Å². The zero-order chi connectivity index (χ0) is 17.1. The number of aromatic hydroxyl groups is 1. The van der Waals surface area contributed by atoms with Gasteiger partial charge in [0.1, 0.15) is 0 Å². The van der Waals surface area contributed by atoms with E-state index >= 15 is 0 Å². The summed E-state index contributed by atoms with van der Waals surface area (Å²) in [5.41, 5.74) is 0.140. The lowest BCUT2D eigenvalue weighted by Crippen LogP contribution is -2.42. The van der Waals surface area contributed by atoms with Crippen LogP contribution < -0.4 is 11.2 Å². The maximum Gasteiger partial charge on any atom is 0.334 e. The molecule has 5 nitrogen and oxygen atoms in total. The summed E-state index contributed by atoms with van der Waals surface area (Å²) in [6.45, 7) is 0.304. The lowest BCUT2D eigenvalue weighted by molar-refractivity contribution is 0.316. The molecule has 0 bridgehead atoms. The van der Waals surface area contributed by atoms with Crippen LogP contribution in [-0.2, 0) is 13.0 Å². The SMILES string of the molecule is O=c1cc(O)n(CCc2cccc(Cl)c2)c(=O)n1C1CCCCC1. The first-order valence-electron chi connectivity index (χ1n) is 8.36. The molecule has 0 radical (unpaired) electrons. The maximum atomic E-state index is 12.7. The summed E-state index contributed by atoms with van der Waals surface area (Å²) in [6, 6.07) is 8.48. The average Bonchev–Trinajstić information content (AvgIpc) is 2.55. The fourth-order valence-electron chi connectivity index (χ4n) is 3.40. The minimum Gasteiger partial charge on any atom is -0.494 e. The predicted octanol–water partition coefficient (Wildman–Crippen LogP) is 3.12. The molecule has 6 heteroatoms. The number of aryl methyl sites for hydroxylation is 1. The third kappa shape index (κ3) is 3.56. The van der Waals surface area contributed by atoms with Crippen molar-refractivity contribution in [3.63, 3.8) is 0 Å². The maximum absolute atomic E-state index is 12.7. The molecule has 128 valence electrons. The molecule has 2 aromatic rings. The number of rotatable bonds is 4. The molecule has 0 saturated heterocycles. The van der Waals surface area contributed by atoms with E-state index in [4.69, 9.17) is 11.6 Å². The Morgan fingerprint density at radius 3 is 2.58 bits per heavy atom. The van der Waals surface area contributed by atoms with Crippen LogP contribution in [0, 0.1) is 0 Å². The van der Waals surface area contributed by atoms with E-state index < -0.39 is 11.2 Å². The smallest absolute Gasteiger partial charge is 0.334 e. The van der Waals surface area contributed by atoms with Gasteiger partial charge in [0.25, 0.3) is 5.56 Å². The topological polar surface area (TPSA) is 64.2 Å². The van der Waals surface area contributed by atoms with Crippen LogP contribution in [0.1, 0.15) is 43.7 Å². The van der Waals surface area contributed by atoms with Crippen molar-refractivity contribution in [3.8, 4) is 5.88 Å². The number of halogens is 1. The van der Waals surface area contributed by atoms with Gasteiger partial charge in [0.2, 0.25) is 5.88 Å². The Bertz CT molecular complexity index is 835. The molecule has 0 atom stereocenters. The first-order chi connectivity index (χ1) is 11.6. The van der Waals surface area contributed by atoms with Crippen LogP contribution in [0.15, 0.2) is 39.9 Å². The Balaban J connectivity index is 1.90. The fraction of sp³-hybridized carbons (Fsp3) is 0.444. The third-order valence-electron chi connectivity index (χ3n) is 4.66. The average molecular weight is 349 g/mol. The molecule has 3 rings (SSSR count). The van der Waals surface area contributed by atoms with Crippen LogP contribution in [0.5, 0.6) is 5.88 Å². The number of nitrogens with zero attached hydrogens (tertiary/aromatic N) is 2. The summed E-state index contributed by atoms with van der Waals surface area (Å²) in [5, 5.41) is 10.7. The Labute approximate surface area is 145 Å². The van der Waals surface area contributed by atoms with Crippen molar-refractivity contribution in [2.45, 2.75) is 51.1 Å². The molecule has 0 amide bonds. The normalized spacial score (nSPS) is 15.5. The monoisotopic (exact) mass is 348 g/mol. The zero-order valence-electron chi connectivity index (χ0n) is 13.4. The molecule has 1 saturated carbocycles. The standard InChI is InChI=1S/C18H21ClN2O3/c19-14-6-4-5-13(11-14)9-10-20-16(22)12-17(23)21(18(20)24)15-7-2-1-3-8-15/h4-6,11-12,15,22H,1-3,7-10H2. The Kier molecular flexibility index (Phi) is 5.09. The number of benzene rings is 1. The summed E-state index contributed by atoms with van der Waals surface area (Å²) < 4.78 is 2.59. The minimum atomic E-state index is -0.422. The summed E-state index contributed by atoms with van der Waals surface area (Å²) in [4.78, 5) is 24.9. The van der Waals surface area contributed by atoms with E-state index in [1.165, 1.54) is 9.13 Å². The summed E-state index contributed by atoms with van der Waals surface area (Å²) in [6.07, 6.45) is 5.44. The second-order valence-corrected chi connectivity index (χ2v) is 6.75. The molecule has 1 aromatic carbocycles. The third-order valence-corrected chi connectivity index (χ3v) is 4.89. The highest BCUT2D eigenvalue weighted by atomic mass is 35.5. The lowest BCUT2D eigenvalue weighted by atomic mass is 9.95. The number of hydrogen-bond acceptors (Lipinski definition) is 3. The predicted molar refractivity (Wildman–Crippen MR) is 93.9 cm³/mol. The van der Waals surface area contributed by atoms with Crippen molar-refractivity contribution in [1.29, 1.82) is 0 Å². The molecule has 1 aliphatic rings. The van der Waals surface area contributed by atoms with E-state index in [-0.39, 0.29) is 11.9 Å². The Morgan fingerprint density at radius 1 is 1.12 bits per heavy atom. The largest absolute Gasteiger partial charge is 0.494 e. The highest BCUT2D eigenvalue weighted by Gasteiger charge is 2.21. The second kappa shape index (κ2) is 7.26. The lowest BCUT2D eigenvalue weighted by Gasteiger charge is -2.24. The van der Waals surface area contributed by atoms with Crippen LogP contribution in [-0.4, -0.2) is 14.2 Å². The first kappa shape index (κ1) is 16.8. The van der Waals surface area contributed by atoms with Gasteiger partial charge in [-0.05, 0) is 37.0 Å². The van der Waals surface area contributed by atoms with Gasteiger partial charge in [-0.25, -0.2) is 4.79 Å². The van der Waals surface area contributed by atoms with Crippen LogP contribution in [0.4, 0.5) is 0 Å². The summed E-state index contributed by atoms with van der Waals surface area (Å²) in [7, 11) is 0. The first-order valence-corrected chi connectivity index (χ1v) is 8.74.